The molecule has 1 aliphatic carbocycles. The summed E-state index contributed by atoms with van der Waals surface area (Å²) in [7, 11) is 1.32. The van der Waals surface area contributed by atoms with Gasteiger partial charge in [0.1, 0.15) is 23.9 Å². The molecule has 2 N–H and O–H groups in total. The van der Waals surface area contributed by atoms with E-state index in [4.69, 9.17) is 18.7 Å². The van der Waals surface area contributed by atoms with Crippen molar-refractivity contribution in [3.05, 3.63) is 87.2 Å². The first kappa shape index (κ1) is 26.1. The SMILES string of the molecule is COC(=O)CCc1cc(C(=O)c2ccc(OC3CCCC3)cc2O)ccc1OCc1ccc2o[nH]c(=O)c2c1. The number of carbonyl (C=O) groups excluding carboxylic acids is 2. The maximum absolute atomic E-state index is 13.3. The lowest BCUT2D eigenvalue weighted by atomic mass is 9.98. The average molecular weight is 532 g/mol. The molecule has 3 aromatic carbocycles. The Bertz CT molecular complexity index is 1560. The molecule has 0 amide bonds. The zero-order valence-corrected chi connectivity index (χ0v) is 21.5. The predicted molar refractivity (Wildman–Crippen MR) is 142 cm³/mol. The van der Waals surface area contributed by atoms with Crippen molar-refractivity contribution in [3.8, 4) is 17.2 Å². The largest absolute Gasteiger partial charge is 0.507 e. The molecule has 0 radical (unpaired) electrons. The minimum absolute atomic E-state index is 0.0965. The van der Waals surface area contributed by atoms with Gasteiger partial charge in [-0.3, -0.25) is 14.4 Å². The second-order valence-corrected chi connectivity index (χ2v) is 9.58. The maximum atomic E-state index is 13.3. The van der Waals surface area contributed by atoms with E-state index in [9.17, 15) is 19.5 Å². The number of phenolic OH excluding ortho intramolecular Hbond substituents is 1. The number of methoxy groups -OCH3 is 1. The molecule has 9 heteroatoms. The minimum atomic E-state index is -0.391. The second kappa shape index (κ2) is 11.5. The Morgan fingerprint density at radius 3 is 2.64 bits per heavy atom. The van der Waals surface area contributed by atoms with E-state index in [0.29, 0.717) is 33.6 Å². The minimum Gasteiger partial charge on any atom is -0.507 e. The molecule has 202 valence electrons. The van der Waals surface area contributed by atoms with Crippen LogP contribution in [0, 0.1) is 0 Å². The fourth-order valence-corrected chi connectivity index (χ4v) is 4.78. The monoisotopic (exact) mass is 531 g/mol. The van der Waals surface area contributed by atoms with Gasteiger partial charge >= 0.3 is 5.97 Å². The molecule has 0 aliphatic heterocycles. The van der Waals surface area contributed by atoms with Gasteiger partial charge in [0.05, 0.1) is 24.2 Å². The number of aromatic amines is 1. The van der Waals surface area contributed by atoms with Crippen molar-refractivity contribution in [1.82, 2.24) is 5.16 Å². The van der Waals surface area contributed by atoms with Crippen molar-refractivity contribution < 1.29 is 33.4 Å². The molecule has 0 saturated heterocycles. The maximum Gasteiger partial charge on any atom is 0.305 e. The number of aromatic nitrogens is 1. The van der Waals surface area contributed by atoms with Crippen molar-refractivity contribution in [2.75, 3.05) is 7.11 Å². The molecule has 0 spiro atoms. The highest BCUT2D eigenvalue weighted by Crippen LogP contribution is 2.31. The number of nitrogens with one attached hydrogen (secondary N) is 1. The van der Waals surface area contributed by atoms with E-state index in [1.807, 2.05) is 0 Å². The van der Waals surface area contributed by atoms with Gasteiger partial charge in [-0.05, 0) is 85.7 Å². The van der Waals surface area contributed by atoms with Crippen molar-refractivity contribution in [2.45, 2.75) is 51.2 Å². The van der Waals surface area contributed by atoms with Crippen LogP contribution in [0.2, 0.25) is 0 Å². The number of rotatable bonds is 10. The van der Waals surface area contributed by atoms with Crippen LogP contribution in [0.5, 0.6) is 17.2 Å². The van der Waals surface area contributed by atoms with Gasteiger partial charge in [-0.1, -0.05) is 6.07 Å². The van der Waals surface area contributed by atoms with Crippen LogP contribution in [0.1, 0.15) is 59.2 Å². The molecule has 1 aromatic heterocycles. The van der Waals surface area contributed by atoms with E-state index in [1.54, 1.807) is 48.5 Å². The van der Waals surface area contributed by atoms with Crippen LogP contribution in [0.15, 0.2) is 63.9 Å². The molecule has 0 atom stereocenters. The van der Waals surface area contributed by atoms with Crippen molar-refractivity contribution >= 4 is 22.7 Å². The fourth-order valence-electron chi connectivity index (χ4n) is 4.78. The highest BCUT2D eigenvalue weighted by Gasteiger charge is 2.20. The van der Waals surface area contributed by atoms with Gasteiger partial charge in [0.15, 0.2) is 11.4 Å². The van der Waals surface area contributed by atoms with Crippen LogP contribution >= 0.6 is 0 Å². The summed E-state index contributed by atoms with van der Waals surface area (Å²) in [5.41, 5.74) is 2.00. The Morgan fingerprint density at radius 2 is 1.87 bits per heavy atom. The normalized spacial score (nSPS) is 13.5. The number of aryl methyl sites for hydroxylation is 1. The van der Waals surface area contributed by atoms with Gasteiger partial charge in [0.2, 0.25) is 0 Å². The Labute approximate surface area is 224 Å². The summed E-state index contributed by atoms with van der Waals surface area (Å²) in [5, 5.41) is 13.3. The van der Waals surface area contributed by atoms with E-state index < -0.39 is 5.97 Å². The molecular formula is C30H29NO8. The van der Waals surface area contributed by atoms with E-state index in [1.165, 1.54) is 13.2 Å². The quantitative estimate of drug-likeness (QED) is 0.215. The van der Waals surface area contributed by atoms with Gasteiger partial charge in [-0.25, -0.2) is 0 Å². The Hall–Kier alpha value is -4.53. The van der Waals surface area contributed by atoms with Crippen molar-refractivity contribution in [1.29, 1.82) is 0 Å². The van der Waals surface area contributed by atoms with Crippen molar-refractivity contribution in [2.24, 2.45) is 0 Å². The number of benzene rings is 3. The molecule has 0 bridgehead atoms. The fraction of sp³-hybridized carbons (Fsp3) is 0.300. The molecule has 9 nitrogen and oxygen atoms in total. The number of hydrogen-bond donors (Lipinski definition) is 2. The zero-order chi connectivity index (χ0) is 27.4. The molecule has 1 saturated carbocycles. The van der Waals surface area contributed by atoms with E-state index in [2.05, 4.69) is 5.16 Å². The number of ether oxygens (including phenoxy) is 3. The van der Waals surface area contributed by atoms with Crippen LogP contribution in [-0.4, -0.2) is 35.2 Å². The Morgan fingerprint density at radius 1 is 1.05 bits per heavy atom. The smallest absolute Gasteiger partial charge is 0.305 e. The first-order valence-electron chi connectivity index (χ1n) is 12.9. The number of carbonyl (C=O) groups is 2. The molecule has 1 fully saturated rings. The molecule has 5 rings (SSSR count). The van der Waals surface area contributed by atoms with Crippen LogP contribution in [-0.2, 0) is 22.6 Å². The predicted octanol–water partition coefficient (Wildman–Crippen LogP) is 5.06. The van der Waals surface area contributed by atoms with Crippen LogP contribution < -0.4 is 15.0 Å². The first-order valence-corrected chi connectivity index (χ1v) is 12.9. The number of aromatic hydroxyl groups is 1. The Balaban J connectivity index is 1.36. The zero-order valence-electron chi connectivity index (χ0n) is 21.5. The molecule has 0 unspecified atom stereocenters. The summed E-state index contributed by atoms with van der Waals surface area (Å²) in [5.74, 6) is 0.111. The number of ketones is 1. The van der Waals surface area contributed by atoms with Crippen LogP contribution in [0.4, 0.5) is 0 Å². The summed E-state index contributed by atoms with van der Waals surface area (Å²) in [4.78, 5) is 37.0. The molecule has 4 aromatic rings. The summed E-state index contributed by atoms with van der Waals surface area (Å²) in [6.45, 7) is 0.155. The lowest BCUT2D eigenvalue weighted by Crippen LogP contribution is -2.11. The van der Waals surface area contributed by atoms with E-state index in [-0.39, 0.29) is 48.2 Å². The molecular weight excluding hydrogens is 502 g/mol. The van der Waals surface area contributed by atoms with Crippen LogP contribution in [0.25, 0.3) is 11.0 Å². The third-order valence-electron chi connectivity index (χ3n) is 6.90. The molecule has 39 heavy (non-hydrogen) atoms. The van der Waals surface area contributed by atoms with Crippen LogP contribution in [0.3, 0.4) is 0 Å². The Kier molecular flexibility index (Phi) is 7.67. The summed E-state index contributed by atoms with van der Waals surface area (Å²) in [6, 6.07) is 14.8. The van der Waals surface area contributed by atoms with Crippen molar-refractivity contribution in [3.63, 3.8) is 0 Å². The number of hydrogen-bond acceptors (Lipinski definition) is 8. The highest BCUT2D eigenvalue weighted by molar-refractivity contribution is 6.11. The van der Waals surface area contributed by atoms with Gasteiger partial charge in [-0.15, -0.1) is 0 Å². The number of esters is 1. The van der Waals surface area contributed by atoms with Gasteiger partial charge < -0.3 is 23.8 Å². The van der Waals surface area contributed by atoms with Gasteiger partial charge in [0.25, 0.3) is 5.56 Å². The molecule has 1 aliphatic rings. The summed E-state index contributed by atoms with van der Waals surface area (Å²) in [6.07, 6.45) is 4.75. The topological polar surface area (TPSA) is 128 Å². The third-order valence-corrected chi connectivity index (χ3v) is 6.90. The van der Waals surface area contributed by atoms with Gasteiger partial charge in [-0.2, -0.15) is 5.16 Å². The standard InChI is InChI=1S/C30H29NO8/c1-36-28(33)13-8-19-15-20(29(34)23-10-9-22(16-25(23)32)38-21-4-2-3-5-21)7-12-26(19)37-17-18-6-11-27-24(14-18)30(35)31-39-27/h6-7,9-12,14-16,21,32H,2-5,8,13,17H2,1H3,(H,31,35). The van der Waals surface area contributed by atoms with E-state index >= 15 is 0 Å². The lowest BCUT2D eigenvalue weighted by molar-refractivity contribution is -0.140. The van der Waals surface area contributed by atoms with Gasteiger partial charge in [0, 0.05) is 18.1 Å². The number of H-pyrrole nitrogens is 1. The number of phenols is 1. The number of fused-ring (bicyclic) bond motifs is 1. The third kappa shape index (κ3) is 5.98. The lowest BCUT2D eigenvalue weighted by Gasteiger charge is -2.15. The second-order valence-electron chi connectivity index (χ2n) is 9.58. The van der Waals surface area contributed by atoms with E-state index in [0.717, 1.165) is 31.2 Å². The first-order chi connectivity index (χ1) is 18.9. The molecule has 1 heterocycles. The highest BCUT2D eigenvalue weighted by atomic mass is 16.5. The summed E-state index contributed by atoms with van der Waals surface area (Å²) >= 11 is 0. The average Bonchev–Trinajstić information content (AvgIpc) is 3.60. The summed E-state index contributed by atoms with van der Waals surface area (Å²) < 4.78 is 21.8.